The normalized spacial score (nSPS) is 18.3. The Morgan fingerprint density at radius 1 is 1.44 bits per heavy atom. The van der Waals surface area contributed by atoms with E-state index in [2.05, 4.69) is 17.2 Å². The number of aromatic nitrogens is 1. The largest absolute Gasteiger partial charge is 0.347 e. The van der Waals surface area contributed by atoms with Gasteiger partial charge in [0.25, 0.3) is 5.91 Å². The Balaban J connectivity index is 2.11. The maximum absolute atomic E-state index is 11.9. The third-order valence-corrected chi connectivity index (χ3v) is 3.16. The second-order valence-corrected chi connectivity index (χ2v) is 4.66. The van der Waals surface area contributed by atoms with E-state index in [0.29, 0.717) is 5.56 Å². The lowest BCUT2D eigenvalue weighted by molar-refractivity contribution is 0.0908. The molecule has 4 nitrogen and oxygen atoms in total. The minimum atomic E-state index is -0.246. The number of nitrogens with one attached hydrogen (secondary N) is 2. The summed E-state index contributed by atoms with van der Waals surface area (Å²) in [5.74, 6) is -0.157. The Morgan fingerprint density at radius 2 is 2.12 bits per heavy atom. The minimum Gasteiger partial charge on any atom is -0.347 e. The molecule has 0 spiro atoms. The average molecular weight is 220 g/mol. The van der Waals surface area contributed by atoms with Crippen molar-refractivity contribution in [3.63, 3.8) is 0 Å². The number of hydrogen-bond donors (Lipinski definition) is 2. The number of carbonyl (C=O) groups is 1. The second kappa shape index (κ2) is 4.12. The number of aromatic amines is 1. The zero-order valence-electron chi connectivity index (χ0n) is 9.38. The Hall–Kier alpha value is -1.58. The Labute approximate surface area is 94.1 Å². The average Bonchev–Trinajstić information content (AvgIpc) is 2.65. The summed E-state index contributed by atoms with van der Waals surface area (Å²) in [6.07, 6.45) is 5.84. The van der Waals surface area contributed by atoms with Crippen molar-refractivity contribution in [1.29, 1.82) is 0 Å². The fourth-order valence-electron chi connectivity index (χ4n) is 2.21. The number of hydrogen-bond acceptors (Lipinski definition) is 2. The Morgan fingerprint density at radius 3 is 2.75 bits per heavy atom. The summed E-state index contributed by atoms with van der Waals surface area (Å²) in [4.78, 5) is 25.5. The standard InChI is InChI=1S/C12H16N2O2/c1-12(5-2-3-6-12)14-11(16)9-4-7-13-10(15)8-9/h4,7-8H,2-3,5-6H2,1H3,(H,13,15)(H,14,16). The van der Waals surface area contributed by atoms with Crippen LogP contribution in [0.4, 0.5) is 0 Å². The topological polar surface area (TPSA) is 62.0 Å². The molecule has 1 aliphatic rings. The van der Waals surface area contributed by atoms with Gasteiger partial charge in [0.1, 0.15) is 0 Å². The summed E-state index contributed by atoms with van der Waals surface area (Å²) >= 11 is 0. The molecule has 1 fully saturated rings. The SMILES string of the molecule is CC1(NC(=O)c2cc[nH]c(=O)c2)CCCC1. The van der Waals surface area contributed by atoms with Crippen LogP contribution in [0.15, 0.2) is 23.1 Å². The smallest absolute Gasteiger partial charge is 0.251 e. The van der Waals surface area contributed by atoms with E-state index in [-0.39, 0.29) is 17.0 Å². The van der Waals surface area contributed by atoms with Crippen molar-refractivity contribution < 1.29 is 4.79 Å². The highest BCUT2D eigenvalue weighted by molar-refractivity contribution is 5.94. The first kappa shape index (κ1) is 10.9. The third-order valence-electron chi connectivity index (χ3n) is 3.16. The lowest BCUT2D eigenvalue weighted by atomic mass is 10.0. The van der Waals surface area contributed by atoms with Crippen LogP contribution in [0.25, 0.3) is 0 Å². The van der Waals surface area contributed by atoms with Gasteiger partial charge < -0.3 is 10.3 Å². The number of carbonyl (C=O) groups excluding carboxylic acids is 1. The predicted octanol–water partition coefficient (Wildman–Crippen LogP) is 1.44. The third kappa shape index (κ3) is 2.32. The van der Waals surface area contributed by atoms with E-state index in [0.717, 1.165) is 25.7 Å². The van der Waals surface area contributed by atoms with Crippen molar-refractivity contribution in [1.82, 2.24) is 10.3 Å². The fraction of sp³-hybridized carbons (Fsp3) is 0.500. The number of pyridine rings is 1. The maximum atomic E-state index is 11.9. The van der Waals surface area contributed by atoms with E-state index in [1.165, 1.54) is 12.3 Å². The van der Waals surface area contributed by atoms with E-state index >= 15 is 0 Å². The molecule has 16 heavy (non-hydrogen) atoms. The fourth-order valence-corrected chi connectivity index (χ4v) is 2.21. The molecule has 0 saturated heterocycles. The molecule has 0 bridgehead atoms. The first-order chi connectivity index (χ1) is 7.59. The molecule has 4 heteroatoms. The van der Waals surface area contributed by atoms with Gasteiger partial charge in [0.15, 0.2) is 0 Å². The van der Waals surface area contributed by atoms with Crippen molar-refractivity contribution in [2.24, 2.45) is 0 Å². The first-order valence-electron chi connectivity index (χ1n) is 5.60. The molecule has 1 heterocycles. The second-order valence-electron chi connectivity index (χ2n) is 4.66. The Bertz CT molecular complexity index is 444. The molecule has 0 aromatic carbocycles. The van der Waals surface area contributed by atoms with Gasteiger partial charge in [-0.15, -0.1) is 0 Å². The van der Waals surface area contributed by atoms with Crippen molar-refractivity contribution in [2.45, 2.75) is 38.1 Å². The summed E-state index contributed by atoms with van der Waals surface area (Å²) in [6.45, 7) is 2.06. The highest BCUT2D eigenvalue weighted by atomic mass is 16.2. The molecule has 1 aromatic rings. The van der Waals surface area contributed by atoms with Gasteiger partial charge in [0.2, 0.25) is 5.56 Å². The van der Waals surface area contributed by atoms with Crippen molar-refractivity contribution in [2.75, 3.05) is 0 Å². The van der Waals surface area contributed by atoms with Gasteiger partial charge in [-0.2, -0.15) is 0 Å². The van der Waals surface area contributed by atoms with Crippen LogP contribution in [0.5, 0.6) is 0 Å². The van der Waals surface area contributed by atoms with Gasteiger partial charge in [-0.05, 0) is 25.8 Å². The Kier molecular flexibility index (Phi) is 2.81. The van der Waals surface area contributed by atoms with Crippen LogP contribution in [-0.2, 0) is 0 Å². The van der Waals surface area contributed by atoms with Crippen molar-refractivity contribution in [3.8, 4) is 0 Å². The van der Waals surface area contributed by atoms with Gasteiger partial charge in [-0.1, -0.05) is 12.8 Å². The number of rotatable bonds is 2. The molecule has 2 rings (SSSR count). The molecule has 1 amide bonds. The lowest BCUT2D eigenvalue weighted by Crippen LogP contribution is -2.43. The molecule has 1 aromatic heterocycles. The molecule has 1 saturated carbocycles. The molecule has 1 aliphatic carbocycles. The number of amides is 1. The van der Waals surface area contributed by atoms with E-state index in [9.17, 15) is 9.59 Å². The molecule has 0 radical (unpaired) electrons. The number of H-pyrrole nitrogens is 1. The van der Waals surface area contributed by atoms with Crippen LogP contribution in [-0.4, -0.2) is 16.4 Å². The highest BCUT2D eigenvalue weighted by Gasteiger charge is 2.30. The van der Waals surface area contributed by atoms with Gasteiger partial charge in [0, 0.05) is 23.4 Å². The van der Waals surface area contributed by atoms with Crippen LogP contribution in [0.3, 0.4) is 0 Å². The summed E-state index contributed by atoms with van der Waals surface area (Å²) in [5.41, 5.74) is 0.0840. The molecular weight excluding hydrogens is 204 g/mol. The van der Waals surface area contributed by atoms with E-state index in [1.54, 1.807) is 6.07 Å². The minimum absolute atomic E-state index is 0.0975. The molecule has 0 atom stereocenters. The van der Waals surface area contributed by atoms with E-state index in [4.69, 9.17) is 0 Å². The molecule has 2 N–H and O–H groups in total. The summed E-state index contributed by atoms with van der Waals surface area (Å²) in [7, 11) is 0. The van der Waals surface area contributed by atoms with Crippen molar-refractivity contribution >= 4 is 5.91 Å². The van der Waals surface area contributed by atoms with Crippen LogP contribution >= 0.6 is 0 Å². The first-order valence-corrected chi connectivity index (χ1v) is 5.60. The monoisotopic (exact) mass is 220 g/mol. The maximum Gasteiger partial charge on any atom is 0.251 e. The lowest BCUT2D eigenvalue weighted by Gasteiger charge is -2.25. The predicted molar refractivity (Wildman–Crippen MR) is 61.4 cm³/mol. The van der Waals surface area contributed by atoms with Crippen LogP contribution < -0.4 is 10.9 Å². The van der Waals surface area contributed by atoms with Gasteiger partial charge in [0.05, 0.1) is 0 Å². The van der Waals surface area contributed by atoms with E-state index in [1.807, 2.05) is 0 Å². The molecule has 0 unspecified atom stereocenters. The zero-order chi connectivity index (χ0) is 11.6. The van der Waals surface area contributed by atoms with Gasteiger partial charge >= 0.3 is 0 Å². The summed E-state index contributed by atoms with van der Waals surface area (Å²) < 4.78 is 0. The van der Waals surface area contributed by atoms with E-state index < -0.39 is 0 Å². The summed E-state index contributed by atoms with van der Waals surface area (Å²) in [5, 5.41) is 3.01. The van der Waals surface area contributed by atoms with Crippen LogP contribution in [0, 0.1) is 0 Å². The molecular formula is C12H16N2O2. The van der Waals surface area contributed by atoms with Gasteiger partial charge in [-0.3, -0.25) is 9.59 Å². The highest BCUT2D eigenvalue weighted by Crippen LogP contribution is 2.28. The summed E-state index contributed by atoms with van der Waals surface area (Å²) in [6, 6.07) is 2.95. The molecule has 0 aliphatic heterocycles. The zero-order valence-corrected chi connectivity index (χ0v) is 9.38. The van der Waals surface area contributed by atoms with Crippen LogP contribution in [0.2, 0.25) is 0 Å². The van der Waals surface area contributed by atoms with Crippen molar-refractivity contribution in [3.05, 3.63) is 34.2 Å². The van der Waals surface area contributed by atoms with Crippen LogP contribution in [0.1, 0.15) is 43.0 Å². The quantitative estimate of drug-likeness (QED) is 0.792. The molecule has 86 valence electrons. The van der Waals surface area contributed by atoms with Gasteiger partial charge in [-0.25, -0.2) is 0 Å².